The lowest BCUT2D eigenvalue weighted by Crippen LogP contribution is -2.47. The van der Waals surface area contributed by atoms with Crippen molar-refractivity contribution in [1.29, 1.82) is 0 Å². The number of nitrogens with zero attached hydrogens (tertiary/aromatic N) is 5. The highest BCUT2D eigenvalue weighted by Crippen LogP contribution is 2.25. The number of ether oxygens (including phenoxy) is 1. The Balaban J connectivity index is 1.64. The number of aromatic nitrogens is 4. The van der Waals surface area contributed by atoms with E-state index in [4.69, 9.17) is 4.74 Å². The smallest absolute Gasteiger partial charge is 0.267 e. The lowest BCUT2D eigenvalue weighted by Gasteiger charge is -2.27. The van der Waals surface area contributed by atoms with Crippen LogP contribution < -0.4 is 15.6 Å². The minimum absolute atomic E-state index is 0.0659. The molecule has 0 spiro atoms. The summed E-state index contributed by atoms with van der Waals surface area (Å²) in [5.74, 6) is 0.259. The Labute approximate surface area is 180 Å². The molecule has 9 heteroatoms. The number of hydrogen-bond donors (Lipinski definition) is 1. The molecule has 1 N–H and O–H groups in total. The molecule has 1 fully saturated rings. The predicted octanol–water partition coefficient (Wildman–Crippen LogP) is 1.49. The first-order valence-electron chi connectivity index (χ1n) is 10.4. The van der Waals surface area contributed by atoms with Gasteiger partial charge in [-0.15, -0.1) is 5.10 Å². The van der Waals surface area contributed by atoms with Gasteiger partial charge in [0.15, 0.2) is 6.61 Å². The zero-order valence-electron chi connectivity index (χ0n) is 17.7. The number of carbonyl (C=O) groups is 1. The summed E-state index contributed by atoms with van der Waals surface area (Å²) in [4.78, 5) is 26.4. The van der Waals surface area contributed by atoms with Gasteiger partial charge in [-0.05, 0) is 32.0 Å². The molecule has 0 aliphatic carbocycles. The summed E-state index contributed by atoms with van der Waals surface area (Å²) in [6.45, 7) is 6.65. The van der Waals surface area contributed by atoms with Crippen molar-refractivity contribution in [2.75, 3.05) is 32.8 Å². The van der Waals surface area contributed by atoms with Gasteiger partial charge in [0.05, 0.1) is 17.4 Å². The third-order valence-electron chi connectivity index (χ3n) is 5.08. The van der Waals surface area contributed by atoms with Crippen LogP contribution in [0.3, 0.4) is 0 Å². The molecule has 1 aliphatic heterocycles. The van der Waals surface area contributed by atoms with Crippen molar-refractivity contribution in [3.8, 4) is 23.0 Å². The fraction of sp³-hybridized carbons (Fsp3) is 0.364. The standard InChI is InChI=1S/C22H26N6O3/c1-16(2)27-21(29)9-8-18(24-27)19-14-20(25-28(19)17-6-4-3-5-7-17)31-15-22(30)26-12-10-23-11-13-26/h3-9,14,16,23H,10-13,15H2,1-2H3. The fourth-order valence-corrected chi connectivity index (χ4v) is 3.45. The van der Waals surface area contributed by atoms with Crippen LogP contribution >= 0.6 is 0 Å². The third kappa shape index (κ3) is 4.66. The van der Waals surface area contributed by atoms with Gasteiger partial charge >= 0.3 is 0 Å². The predicted molar refractivity (Wildman–Crippen MR) is 116 cm³/mol. The molecule has 0 atom stereocenters. The molecule has 162 valence electrons. The SMILES string of the molecule is CC(C)n1nc(-c2cc(OCC(=O)N3CCNCC3)nn2-c2ccccc2)ccc1=O. The highest BCUT2D eigenvalue weighted by Gasteiger charge is 2.19. The second kappa shape index (κ2) is 9.13. The maximum Gasteiger partial charge on any atom is 0.267 e. The summed E-state index contributed by atoms with van der Waals surface area (Å²) in [6.07, 6.45) is 0. The van der Waals surface area contributed by atoms with Crippen molar-refractivity contribution in [2.45, 2.75) is 19.9 Å². The summed E-state index contributed by atoms with van der Waals surface area (Å²) >= 11 is 0. The van der Waals surface area contributed by atoms with Gasteiger partial charge in [-0.3, -0.25) is 9.59 Å². The number of hydrogen-bond acceptors (Lipinski definition) is 6. The molecule has 1 saturated heterocycles. The molecule has 0 saturated carbocycles. The van der Waals surface area contributed by atoms with Crippen molar-refractivity contribution in [3.63, 3.8) is 0 Å². The first kappa shape index (κ1) is 20.8. The number of rotatable bonds is 6. The van der Waals surface area contributed by atoms with Crippen molar-refractivity contribution in [1.82, 2.24) is 29.8 Å². The van der Waals surface area contributed by atoms with Crippen molar-refractivity contribution in [3.05, 3.63) is 58.9 Å². The summed E-state index contributed by atoms with van der Waals surface area (Å²) in [7, 11) is 0. The molecule has 3 heterocycles. The van der Waals surface area contributed by atoms with Gasteiger partial charge in [0, 0.05) is 38.3 Å². The van der Waals surface area contributed by atoms with Crippen LogP contribution in [0, 0.1) is 0 Å². The van der Waals surface area contributed by atoms with E-state index in [1.165, 1.54) is 10.7 Å². The second-order valence-electron chi connectivity index (χ2n) is 7.63. The van der Waals surface area contributed by atoms with Gasteiger partial charge < -0.3 is 15.0 Å². The Bertz CT molecular complexity index is 1100. The van der Waals surface area contributed by atoms with Crippen molar-refractivity contribution >= 4 is 5.91 Å². The highest BCUT2D eigenvalue weighted by molar-refractivity contribution is 5.78. The molecule has 1 amide bonds. The molecule has 1 aromatic carbocycles. The van der Waals surface area contributed by atoms with E-state index in [0.29, 0.717) is 30.4 Å². The summed E-state index contributed by atoms with van der Waals surface area (Å²) in [6, 6.07) is 14.4. The third-order valence-corrected chi connectivity index (χ3v) is 5.08. The van der Waals surface area contributed by atoms with E-state index in [2.05, 4.69) is 15.5 Å². The van der Waals surface area contributed by atoms with E-state index in [9.17, 15) is 9.59 Å². The van der Waals surface area contributed by atoms with Gasteiger partial charge in [-0.1, -0.05) is 18.2 Å². The Hall–Kier alpha value is -3.46. The van der Waals surface area contributed by atoms with E-state index in [1.54, 1.807) is 21.7 Å². The van der Waals surface area contributed by atoms with Gasteiger partial charge in [0.25, 0.3) is 11.5 Å². The summed E-state index contributed by atoms with van der Waals surface area (Å²) < 4.78 is 8.89. The van der Waals surface area contributed by atoms with Crippen LogP contribution in [0.4, 0.5) is 0 Å². The van der Waals surface area contributed by atoms with Crippen LogP contribution in [-0.4, -0.2) is 63.2 Å². The molecular weight excluding hydrogens is 396 g/mol. The van der Waals surface area contributed by atoms with Crippen LogP contribution in [-0.2, 0) is 4.79 Å². The van der Waals surface area contributed by atoms with E-state index < -0.39 is 0 Å². The molecule has 0 radical (unpaired) electrons. The Morgan fingerprint density at radius 1 is 1.10 bits per heavy atom. The van der Waals surface area contributed by atoms with Gasteiger partial charge in [0.1, 0.15) is 5.69 Å². The first-order chi connectivity index (χ1) is 15.0. The van der Waals surface area contributed by atoms with E-state index in [0.717, 1.165) is 18.8 Å². The number of para-hydroxylation sites is 1. The largest absolute Gasteiger partial charge is 0.466 e. The van der Waals surface area contributed by atoms with Crippen LogP contribution in [0.2, 0.25) is 0 Å². The minimum Gasteiger partial charge on any atom is -0.466 e. The minimum atomic E-state index is -0.164. The van der Waals surface area contributed by atoms with Gasteiger partial charge in [-0.25, -0.2) is 9.36 Å². The van der Waals surface area contributed by atoms with Crippen LogP contribution in [0.5, 0.6) is 5.88 Å². The Kier molecular flexibility index (Phi) is 6.13. The zero-order chi connectivity index (χ0) is 21.8. The van der Waals surface area contributed by atoms with E-state index in [-0.39, 0.29) is 24.1 Å². The number of nitrogens with one attached hydrogen (secondary N) is 1. The quantitative estimate of drug-likeness (QED) is 0.647. The average molecular weight is 422 g/mol. The lowest BCUT2D eigenvalue weighted by molar-refractivity contribution is -0.134. The average Bonchev–Trinajstić information content (AvgIpc) is 3.23. The summed E-state index contributed by atoms with van der Waals surface area (Å²) in [5.41, 5.74) is 1.92. The molecule has 0 unspecified atom stereocenters. The Morgan fingerprint density at radius 3 is 2.55 bits per heavy atom. The maximum atomic E-state index is 12.4. The Morgan fingerprint density at radius 2 is 1.84 bits per heavy atom. The fourth-order valence-electron chi connectivity index (χ4n) is 3.45. The van der Waals surface area contributed by atoms with Gasteiger partial charge in [0.2, 0.25) is 5.88 Å². The zero-order valence-corrected chi connectivity index (χ0v) is 17.7. The molecule has 3 aromatic rings. The number of amides is 1. The number of benzene rings is 1. The molecule has 2 aromatic heterocycles. The van der Waals surface area contributed by atoms with Gasteiger partial charge in [-0.2, -0.15) is 5.10 Å². The van der Waals surface area contributed by atoms with Crippen molar-refractivity contribution in [2.24, 2.45) is 0 Å². The van der Waals surface area contributed by atoms with Crippen LogP contribution in [0.25, 0.3) is 17.1 Å². The van der Waals surface area contributed by atoms with E-state index >= 15 is 0 Å². The number of carbonyl (C=O) groups excluding carboxylic acids is 1. The lowest BCUT2D eigenvalue weighted by atomic mass is 10.2. The molecular formula is C22H26N6O3. The molecule has 31 heavy (non-hydrogen) atoms. The van der Waals surface area contributed by atoms with Crippen LogP contribution in [0.1, 0.15) is 19.9 Å². The topological polar surface area (TPSA) is 94.3 Å². The maximum absolute atomic E-state index is 12.4. The molecule has 4 rings (SSSR count). The van der Waals surface area contributed by atoms with Crippen molar-refractivity contribution < 1.29 is 9.53 Å². The molecule has 9 nitrogen and oxygen atoms in total. The number of piperazine rings is 1. The highest BCUT2D eigenvalue weighted by atomic mass is 16.5. The van der Waals surface area contributed by atoms with E-state index in [1.807, 2.05) is 44.2 Å². The molecule has 0 bridgehead atoms. The molecule has 1 aliphatic rings. The van der Waals surface area contributed by atoms with Crippen LogP contribution in [0.15, 0.2) is 53.3 Å². The normalized spacial score (nSPS) is 14.1. The first-order valence-corrected chi connectivity index (χ1v) is 10.4. The second-order valence-corrected chi connectivity index (χ2v) is 7.63. The summed E-state index contributed by atoms with van der Waals surface area (Å²) in [5, 5.41) is 12.3. The monoisotopic (exact) mass is 422 g/mol.